The van der Waals surface area contributed by atoms with Crippen molar-refractivity contribution < 1.29 is 0 Å². The molecule has 1 heterocycles. The molecule has 1 aromatic heterocycles. The molecule has 0 aliphatic rings. The van der Waals surface area contributed by atoms with E-state index in [1.165, 1.54) is 5.56 Å². The first-order valence-corrected chi connectivity index (χ1v) is 6.86. The van der Waals surface area contributed by atoms with E-state index in [4.69, 9.17) is 0 Å². The van der Waals surface area contributed by atoms with Crippen molar-refractivity contribution in [1.82, 2.24) is 15.0 Å². The van der Waals surface area contributed by atoms with Crippen molar-refractivity contribution in [2.24, 2.45) is 0 Å². The van der Waals surface area contributed by atoms with E-state index in [-0.39, 0.29) is 0 Å². The highest BCUT2D eigenvalue weighted by molar-refractivity contribution is 9.10. The molecule has 0 amide bonds. The van der Waals surface area contributed by atoms with E-state index >= 15 is 0 Å². The average molecular weight is 345 g/mol. The van der Waals surface area contributed by atoms with Crippen LogP contribution in [-0.4, -0.2) is 20.3 Å². The lowest BCUT2D eigenvalue weighted by Crippen LogP contribution is -1.97. The number of alkyl halides is 1. The fraction of sp³-hybridized carbons (Fsp3) is 0.273. The third kappa shape index (κ3) is 2.35. The molecule has 3 nitrogen and oxygen atoms in total. The number of hydrogen-bond acceptors (Lipinski definition) is 2. The summed E-state index contributed by atoms with van der Waals surface area (Å²) < 4.78 is 2.86. The van der Waals surface area contributed by atoms with Crippen LogP contribution in [-0.2, 0) is 6.42 Å². The molecule has 0 unspecified atom stereocenters. The van der Waals surface area contributed by atoms with Crippen molar-refractivity contribution in [2.45, 2.75) is 13.3 Å². The van der Waals surface area contributed by atoms with Gasteiger partial charge in [0.05, 0.1) is 17.6 Å². The van der Waals surface area contributed by atoms with Crippen LogP contribution in [0.2, 0.25) is 0 Å². The molecule has 0 atom stereocenters. The number of hydrogen-bond donors (Lipinski definition) is 0. The Hall–Kier alpha value is -0.680. The summed E-state index contributed by atoms with van der Waals surface area (Å²) in [6.07, 6.45) is 2.85. The van der Waals surface area contributed by atoms with Gasteiger partial charge in [0.25, 0.3) is 0 Å². The van der Waals surface area contributed by atoms with Crippen molar-refractivity contribution in [2.75, 3.05) is 5.33 Å². The van der Waals surface area contributed by atoms with Crippen molar-refractivity contribution in [3.05, 3.63) is 40.1 Å². The topological polar surface area (TPSA) is 30.7 Å². The molecule has 0 bridgehead atoms. The van der Waals surface area contributed by atoms with Crippen molar-refractivity contribution >= 4 is 31.9 Å². The number of aryl methyl sites for hydroxylation is 2. The van der Waals surface area contributed by atoms with Crippen LogP contribution in [0.15, 0.2) is 28.9 Å². The van der Waals surface area contributed by atoms with Gasteiger partial charge in [0.15, 0.2) is 0 Å². The van der Waals surface area contributed by atoms with E-state index < -0.39 is 0 Å². The molecule has 0 radical (unpaired) electrons. The zero-order valence-corrected chi connectivity index (χ0v) is 12.0. The zero-order valence-electron chi connectivity index (χ0n) is 8.82. The lowest BCUT2D eigenvalue weighted by Gasteiger charge is -2.05. The van der Waals surface area contributed by atoms with Gasteiger partial charge < -0.3 is 0 Å². The molecule has 84 valence electrons. The van der Waals surface area contributed by atoms with Gasteiger partial charge >= 0.3 is 0 Å². The first-order chi connectivity index (χ1) is 7.72. The van der Waals surface area contributed by atoms with E-state index in [0.29, 0.717) is 0 Å². The van der Waals surface area contributed by atoms with Crippen LogP contribution >= 0.6 is 31.9 Å². The average Bonchev–Trinajstić information content (AvgIpc) is 2.71. The van der Waals surface area contributed by atoms with Crippen LogP contribution in [0.4, 0.5) is 0 Å². The number of halogens is 2. The smallest absolute Gasteiger partial charge is 0.0840 e. The van der Waals surface area contributed by atoms with Crippen molar-refractivity contribution in [3.63, 3.8) is 0 Å². The van der Waals surface area contributed by atoms with Gasteiger partial charge in [-0.05, 0) is 34.5 Å². The maximum absolute atomic E-state index is 4.12. The molecule has 0 aliphatic carbocycles. The van der Waals surface area contributed by atoms with E-state index in [9.17, 15) is 0 Å². The van der Waals surface area contributed by atoms with Gasteiger partial charge in [0, 0.05) is 16.2 Å². The summed E-state index contributed by atoms with van der Waals surface area (Å²) in [5, 5.41) is 9.14. The van der Waals surface area contributed by atoms with Crippen molar-refractivity contribution in [1.29, 1.82) is 0 Å². The van der Waals surface area contributed by atoms with Gasteiger partial charge in [-0.25, -0.2) is 4.68 Å². The number of nitrogens with zero attached hydrogens (tertiary/aromatic N) is 3. The second-order valence-corrected chi connectivity index (χ2v) is 5.09. The normalized spacial score (nSPS) is 10.7. The molecule has 0 saturated carbocycles. The molecule has 0 fully saturated rings. The Labute approximate surface area is 111 Å². The molecule has 0 N–H and O–H groups in total. The number of rotatable bonds is 3. The SMILES string of the molecule is Cc1cccc(-n2cc(CCBr)nn2)c1Br. The molecule has 0 aliphatic heterocycles. The summed E-state index contributed by atoms with van der Waals surface area (Å²) in [6.45, 7) is 2.06. The summed E-state index contributed by atoms with van der Waals surface area (Å²) in [7, 11) is 0. The fourth-order valence-corrected chi connectivity index (χ4v) is 2.29. The maximum atomic E-state index is 4.12. The molecule has 2 rings (SSSR count). The minimum absolute atomic E-state index is 0.892. The summed E-state index contributed by atoms with van der Waals surface area (Å²) in [6, 6.07) is 6.09. The van der Waals surface area contributed by atoms with Crippen LogP contribution in [0.5, 0.6) is 0 Å². The molecule has 16 heavy (non-hydrogen) atoms. The predicted octanol–water partition coefficient (Wildman–Crippen LogP) is 3.28. The Bertz CT molecular complexity index is 494. The van der Waals surface area contributed by atoms with Gasteiger partial charge in [-0.15, -0.1) is 5.10 Å². The number of aromatic nitrogens is 3. The van der Waals surface area contributed by atoms with Gasteiger partial charge in [0.1, 0.15) is 0 Å². The first kappa shape index (κ1) is 11.8. The minimum Gasteiger partial charge on any atom is -0.219 e. The minimum atomic E-state index is 0.892. The van der Waals surface area contributed by atoms with Gasteiger partial charge in [0.2, 0.25) is 0 Å². The summed E-state index contributed by atoms with van der Waals surface area (Å²) in [5.41, 5.74) is 3.20. The van der Waals surface area contributed by atoms with Crippen LogP contribution < -0.4 is 0 Å². The monoisotopic (exact) mass is 343 g/mol. The van der Waals surface area contributed by atoms with Crippen LogP contribution in [0, 0.1) is 6.92 Å². The van der Waals surface area contributed by atoms with E-state index in [2.05, 4.69) is 55.2 Å². The fourth-order valence-electron chi connectivity index (χ4n) is 1.44. The molecule has 1 aromatic carbocycles. The second-order valence-electron chi connectivity index (χ2n) is 3.50. The quantitative estimate of drug-likeness (QED) is 0.800. The molecular weight excluding hydrogens is 334 g/mol. The lowest BCUT2D eigenvalue weighted by molar-refractivity contribution is 0.794. The largest absolute Gasteiger partial charge is 0.219 e. The van der Waals surface area contributed by atoms with E-state index in [1.807, 2.05) is 18.3 Å². The molecule has 0 saturated heterocycles. The van der Waals surface area contributed by atoms with Gasteiger partial charge in [-0.2, -0.15) is 0 Å². The Balaban J connectivity index is 2.39. The molecule has 2 aromatic rings. The van der Waals surface area contributed by atoms with E-state index in [0.717, 1.165) is 27.6 Å². The lowest BCUT2D eigenvalue weighted by atomic mass is 10.2. The Morgan fingerprint density at radius 2 is 2.19 bits per heavy atom. The Morgan fingerprint density at radius 3 is 2.94 bits per heavy atom. The van der Waals surface area contributed by atoms with Gasteiger partial charge in [-0.1, -0.05) is 33.3 Å². The number of benzene rings is 1. The first-order valence-electron chi connectivity index (χ1n) is 4.95. The van der Waals surface area contributed by atoms with Gasteiger partial charge in [-0.3, -0.25) is 0 Å². The Kier molecular flexibility index (Phi) is 3.76. The van der Waals surface area contributed by atoms with E-state index in [1.54, 1.807) is 4.68 Å². The maximum Gasteiger partial charge on any atom is 0.0840 e. The van der Waals surface area contributed by atoms with Crippen LogP contribution in [0.1, 0.15) is 11.3 Å². The van der Waals surface area contributed by atoms with Crippen LogP contribution in [0.25, 0.3) is 5.69 Å². The predicted molar refractivity (Wildman–Crippen MR) is 71.3 cm³/mol. The summed E-state index contributed by atoms with van der Waals surface area (Å²) in [4.78, 5) is 0. The molecule has 5 heteroatoms. The highest BCUT2D eigenvalue weighted by Gasteiger charge is 2.07. The van der Waals surface area contributed by atoms with Crippen molar-refractivity contribution in [3.8, 4) is 5.69 Å². The molecule has 0 spiro atoms. The third-order valence-electron chi connectivity index (χ3n) is 2.31. The molecular formula is C11H11Br2N3. The third-order valence-corrected chi connectivity index (χ3v) is 3.74. The summed E-state index contributed by atoms with van der Waals surface area (Å²) >= 11 is 6.96. The summed E-state index contributed by atoms with van der Waals surface area (Å²) in [5.74, 6) is 0. The van der Waals surface area contributed by atoms with Crippen LogP contribution in [0.3, 0.4) is 0 Å². The zero-order chi connectivity index (χ0) is 11.5. The Morgan fingerprint density at radius 1 is 1.38 bits per heavy atom. The standard InChI is InChI=1S/C11H11Br2N3/c1-8-3-2-4-10(11(8)13)16-7-9(5-6-12)14-15-16/h2-4,7H,5-6H2,1H3. The highest BCUT2D eigenvalue weighted by Crippen LogP contribution is 2.23. The second kappa shape index (κ2) is 5.10. The highest BCUT2D eigenvalue weighted by atomic mass is 79.9.